The molecule has 1 aliphatic heterocycles. The Hall–Kier alpha value is -3.49. The second-order valence-corrected chi connectivity index (χ2v) is 7.06. The van der Waals surface area contributed by atoms with Gasteiger partial charge < -0.3 is 14.2 Å². The van der Waals surface area contributed by atoms with Crippen LogP contribution in [0, 0.1) is 11.3 Å². The number of hydrogen-bond acceptors (Lipinski definition) is 5. The average Bonchev–Trinajstić information content (AvgIpc) is 2.79. The maximum atomic E-state index is 10.00. The van der Waals surface area contributed by atoms with E-state index in [0.717, 1.165) is 27.6 Å². The average molecular weight is 419 g/mol. The van der Waals surface area contributed by atoms with Crippen molar-refractivity contribution in [1.82, 2.24) is 0 Å². The summed E-state index contributed by atoms with van der Waals surface area (Å²) in [5.41, 5.74) is 2.11. The zero-order valence-corrected chi connectivity index (χ0v) is 17.3. The minimum Gasteiger partial charge on any atom is -0.497 e. The van der Waals surface area contributed by atoms with E-state index in [1.54, 1.807) is 7.11 Å². The van der Waals surface area contributed by atoms with Crippen LogP contribution in [0.1, 0.15) is 24.0 Å². The molecule has 30 heavy (non-hydrogen) atoms. The van der Waals surface area contributed by atoms with E-state index >= 15 is 0 Å². The molecule has 0 aliphatic carbocycles. The predicted octanol–water partition coefficient (Wildman–Crippen LogP) is 5.83. The third-order valence-corrected chi connectivity index (χ3v) is 5.30. The third-order valence-electron chi connectivity index (χ3n) is 4.98. The Morgan fingerprint density at radius 2 is 1.90 bits per heavy atom. The standard InChI is InChI=1S/C24H19ClN2O3/c1-3-29-14-27-24-20(13-26)22(15-8-10-16(28-2)11-9-15)19-12-21(25)17-6-4-5-7-18(17)23(19)30-24/h4-12,14,22H,3H2,1-2H3/t22-/m0/s1. The summed E-state index contributed by atoms with van der Waals surface area (Å²) in [4.78, 5) is 4.29. The van der Waals surface area contributed by atoms with Gasteiger partial charge in [0, 0.05) is 21.4 Å². The van der Waals surface area contributed by atoms with Crippen molar-refractivity contribution in [1.29, 1.82) is 5.26 Å². The van der Waals surface area contributed by atoms with Gasteiger partial charge in [0.2, 0.25) is 5.88 Å². The number of aliphatic imine (C=N–C) groups is 1. The van der Waals surface area contributed by atoms with Gasteiger partial charge in [-0.05, 0) is 30.7 Å². The quantitative estimate of drug-likeness (QED) is 0.386. The smallest absolute Gasteiger partial charge is 0.236 e. The van der Waals surface area contributed by atoms with E-state index in [-0.39, 0.29) is 11.8 Å². The van der Waals surface area contributed by atoms with Crippen molar-refractivity contribution in [2.75, 3.05) is 13.7 Å². The number of hydrogen-bond donors (Lipinski definition) is 0. The van der Waals surface area contributed by atoms with Crippen molar-refractivity contribution in [3.05, 3.63) is 82.2 Å². The van der Waals surface area contributed by atoms with Gasteiger partial charge in [0.1, 0.15) is 23.1 Å². The van der Waals surface area contributed by atoms with E-state index in [0.29, 0.717) is 23.0 Å². The molecular weight excluding hydrogens is 400 g/mol. The summed E-state index contributed by atoms with van der Waals surface area (Å²) in [7, 11) is 1.62. The van der Waals surface area contributed by atoms with Gasteiger partial charge in [0.05, 0.1) is 19.6 Å². The highest BCUT2D eigenvalue weighted by Crippen LogP contribution is 2.48. The van der Waals surface area contributed by atoms with E-state index < -0.39 is 0 Å². The molecule has 1 aliphatic rings. The SMILES string of the molecule is CCOC=NC1=C(C#N)[C@@H](c2ccc(OC)cc2)c2cc(Cl)c3ccccc3c2O1. The maximum Gasteiger partial charge on any atom is 0.236 e. The molecule has 0 saturated heterocycles. The van der Waals surface area contributed by atoms with Gasteiger partial charge in [-0.3, -0.25) is 0 Å². The van der Waals surface area contributed by atoms with Gasteiger partial charge in [0.15, 0.2) is 6.40 Å². The van der Waals surface area contributed by atoms with Crippen LogP contribution >= 0.6 is 11.6 Å². The summed E-state index contributed by atoms with van der Waals surface area (Å²) in [6.45, 7) is 2.33. The summed E-state index contributed by atoms with van der Waals surface area (Å²) in [5, 5.41) is 12.3. The Morgan fingerprint density at radius 1 is 1.17 bits per heavy atom. The lowest BCUT2D eigenvalue weighted by Gasteiger charge is -2.28. The number of halogens is 1. The Labute approximate surface area is 179 Å². The molecule has 3 aromatic rings. The molecule has 0 unspecified atom stereocenters. The first kappa shape index (κ1) is 19.8. The molecule has 0 saturated carbocycles. The first-order chi connectivity index (χ1) is 14.7. The van der Waals surface area contributed by atoms with E-state index in [1.165, 1.54) is 6.40 Å². The molecular formula is C24H19ClN2O3. The Bertz CT molecular complexity index is 1190. The van der Waals surface area contributed by atoms with Crippen molar-refractivity contribution < 1.29 is 14.2 Å². The lowest BCUT2D eigenvalue weighted by atomic mass is 9.82. The van der Waals surface area contributed by atoms with Gasteiger partial charge in [0.25, 0.3) is 0 Å². The largest absolute Gasteiger partial charge is 0.497 e. The van der Waals surface area contributed by atoms with Gasteiger partial charge in [-0.25, -0.2) is 0 Å². The summed E-state index contributed by atoms with van der Waals surface area (Å²) in [6.07, 6.45) is 1.31. The highest BCUT2D eigenvalue weighted by Gasteiger charge is 2.33. The number of fused-ring (bicyclic) bond motifs is 3. The lowest BCUT2D eigenvalue weighted by Crippen LogP contribution is -2.16. The van der Waals surface area contributed by atoms with Gasteiger partial charge in [-0.1, -0.05) is 48.0 Å². The molecule has 4 rings (SSSR count). The van der Waals surface area contributed by atoms with Crippen molar-refractivity contribution in [2.24, 2.45) is 4.99 Å². The number of nitriles is 1. The van der Waals surface area contributed by atoms with E-state index in [1.807, 2.05) is 61.5 Å². The second kappa shape index (κ2) is 8.48. The minimum atomic E-state index is -0.388. The molecule has 6 heteroatoms. The summed E-state index contributed by atoms with van der Waals surface area (Å²) in [6, 6.07) is 19.5. The molecule has 150 valence electrons. The minimum absolute atomic E-state index is 0.215. The van der Waals surface area contributed by atoms with Crippen LogP contribution in [0.25, 0.3) is 10.8 Å². The number of nitrogens with zero attached hydrogens (tertiary/aromatic N) is 2. The number of ether oxygens (including phenoxy) is 3. The Kier molecular flexibility index (Phi) is 5.60. The Morgan fingerprint density at radius 3 is 2.57 bits per heavy atom. The van der Waals surface area contributed by atoms with Crippen LogP contribution in [-0.2, 0) is 4.74 Å². The highest BCUT2D eigenvalue weighted by molar-refractivity contribution is 6.36. The molecule has 0 N–H and O–H groups in total. The first-order valence-corrected chi connectivity index (χ1v) is 9.87. The lowest BCUT2D eigenvalue weighted by molar-refractivity contribution is 0.336. The molecule has 0 radical (unpaired) electrons. The topological polar surface area (TPSA) is 63.8 Å². The number of rotatable bonds is 5. The molecule has 1 atom stereocenters. The molecule has 0 bridgehead atoms. The van der Waals surface area contributed by atoms with Crippen LogP contribution in [0.2, 0.25) is 5.02 Å². The number of allylic oxidation sites excluding steroid dienone is 1. The molecule has 0 spiro atoms. The van der Waals surface area contributed by atoms with Crippen LogP contribution in [-0.4, -0.2) is 20.1 Å². The zero-order valence-electron chi connectivity index (χ0n) is 16.6. The zero-order chi connectivity index (χ0) is 21.1. The van der Waals surface area contributed by atoms with Gasteiger partial charge in [-0.15, -0.1) is 0 Å². The monoisotopic (exact) mass is 418 g/mol. The first-order valence-electron chi connectivity index (χ1n) is 9.49. The second-order valence-electron chi connectivity index (χ2n) is 6.65. The Balaban J connectivity index is 1.98. The molecule has 0 amide bonds. The van der Waals surface area contributed by atoms with E-state index in [4.69, 9.17) is 25.8 Å². The summed E-state index contributed by atoms with van der Waals surface area (Å²) < 4.78 is 16.7. The fourth-order valence-electron chi connectivity index (χ4n) is 3.59. The normalized spacial score (nSPS) is 15.6. The molecule has 0 fully saturated rings. The van der Waals surface area contributed by atoms with Crippen molar-refractivity contribution in [3.63, 3.8) is 0 Å². The molecule has 0 aromatic heterocycles. The van der Waals surface area contributed by atoms with Gasteiger partial charge >= 0.3 is 0 Å². The fourth-order valence-corrected chi connectivity index (χ4v) is 3.88. The van der Waals surface area contributed by atoms with Crippen LogP contribution in [0.5, 0.6) is 11.5 Å². The van der Waals surface area contributed by atoms with Crippen molar-refractivity contribution >= 4 is 28.8 Å². The molecule has 5 nitrogen and oxygen atoms in total. The van der Waals surface area contributed by atoms with E-state index in [9.17, 15) is 5.26 Å². The number of benzene rings is 3. The van der Waals surface area contributed by atoms with E-state index in [2.05, 4.69) is 11.1 Å². The summed E-state index contributed by atoms with van der Waals surface area (Å²) >= 11 is 6.60. The summed E-state index contributed by atoms with van der Waals surface area (Å²) in [5.74, 6) is 1.20. The molecule has 1 heterocycles. The highest BCUT2D eigenvalue weighted by atomic mass is 35.5. The van der Waals surface area contributed by atoms with Crippen LogP contribution in [0.4, 0.5) is 0 Å². The predicted molar refractivity (Wildman–Crippen MR) is 117 cm³/mol. The van der Waals surface area contributed by atoms with Gasteiger partial charge in [-0.2, -0.15) is 10.3 Å². The number of methoxy groups -OCH3 is 1. The van der Waals surface area contributed by atoms with Crippen LogP contribution < -0.4 is 9.47 Å². The third kappa shape index (κ3) is 3.47. The van der Waals surface area contributed by atoms with Crippen LogP contribution in [0.3, 0.4) is 0 Å². The van der Waals surface area contributed by atoms with Crippen LogP contribution in [0.15, 0.2) is 71.0 Å². The van der Waals surface area contributed by atoms with Crippen molar-refractivity contribution in [2.45, 2.75) is 12.8 Å². The fraction of sp³-hybridized carbons (Fsp3) is 0.167. The van der Waals surface area contributed by atoms with Crippen molar-refractivity contribution in [3.8, 4) is 17.6 Å². The molecule has 3 aromatic carbocycles. The maximum absolute atomic E-state index is 10.00.